The van der Waals surface area contributed by atoms with E-state index in [4.69, 9.17) is 4.74 Å². The molecule has 8 nitrogen and oxygen atoms in total. The Morgan fingerprint density at radius 3 is 2.04 bits per heavy atom. The lowest BCUT2D eigenvalue weighted by atomic mass is 10.2. The van der Waals surface area contributed by atoms with Crippen LogP contribution in [0.25, 0.3) is 0 Å². The number of benzene rings is 2. The lowest BCUT2D eigenvalue weighted by Gasteiger charge is -2.09. The highest BCUT2D eigenvalue weighted by atomic mass is 32.2. The second-order valence-corrected chi connectivity index (χ2v) is 8.04. The maximum absolute atomic E-state index is 12.0. The molecule has 28 heavy (non-hydrogen) atoms. The van der Waals surface area contributed by atoms with E-state index in [0.717, 1.165) is 6.26 Å². The third kappa shape index (κ3) is 6.92. The number of urea groups is 1. The molecule has 3 amide bonds. The van der Waals surface area contributed by atoms with Crippen molar-refractivity contribution in [3.8, 4) is 5.75 Å². The number of hydrogen-bond acceptors (Lipinski definition) is 5. The van der Waals surface area contributed by atoms with E-state index in [-0.39, 0.29) is 23.3 Å². The van der Waals surface area contributed by atoms with Crippen LogP contribution in [-0.2, 0) is 14.6 Å². The van der Waals surface area contributed by atoms with Crippen LogP contribution in [0.1, 0.15) is 12.8 Å². The fourth-order valence-corrected chi connectivity index (χ4v) is 2.89. The first-order valence-corrected chi connectivity index (χ1v) is 10.5. The average molecular weight is 405 g/mol. The summed E-state index contributed by atoms with van der Waals surface area (Å²) in [5, 5.41) is 7.85. The highest BCUT2D eigenvalue weighted by molar-refractivity contribution is 7.90. The summed E-state index contributed by atoms with van der Waals surface area (Å²) in [6.45, 7) is 0.334. The minimum absolute atomic E-state index is 0.150. The van der Waals surface area contributed by atoms with Crippen LogP contribution in [0.5, 0.6) is 5.75 Å². The molecule has 0 radical (unpaired) electrons. The van der Waals surface area contributed by atoms with Crippen molar-refractivity contribution in [3.63, 3.8) is 0 Å². The second kappa shape index (κ2) is 9.75. The lowest BCUT2D eigenvalue weighted by molar-refractivity contribution is -0.116. The zero-order valence-electron chi connectivity index (χ0n) is 15.7. The fraction of sp³-hybridized carbons (Fsp3) is 0.263. The van der Waals surface area contributed by atoms with Gasteiger partial charge in [-0.25, -0.2) is 13.2 Å². The molecule has 0 saturated heterocycles. The van der Waals surface area contributed by atoms with E-state index >= 15 is 0 Å². The molecule has 9 heteroatoms. The van der Waals surface area contributed by atoms with Crippen LogP contribution in [0.3, 0.4) is 0 Å². The molecule has 2 aromatic carbocycles. The van der Waals surface area contributed by atoms with Crippen LogP contribution < -0.4 is 20.7 Å². The van der Waals surface area contributed by atoms with Gasteiger partial charge in [0.05, 0.1) is 11.5 Å². The van der Waals surface area contributed by atoms with Gasteiger partial charge in [0.1, 0.15) is 5.75 Å². The van der Waals surface area contributed by atoms with E-state index in [1.54, 1.807) is 36.4 Å². The van der Waals surface area contributed by atoms with E-state index in [0.29, 0.717) is 30.2 Å². The molecular formula is C19H23N3O5S. The summed E-state index contributed by atoms with van der Waals surface area (Å²) in [5.41, 5.74) is 1.25. The molecule has 0 spiro atoms. The highest BCUT2D eigenvalue weighted by Crippen LogP contribution is 2.16. The van der Waals surface area contributed by atoms with Crippen LogP contribution in [0.2, 0.25) is 0 Å². The normalized spacial score (nSPS) is 10.8. The first-order chi connectivity index (χ1) is 13.3. The van der Waals surface area contributed by atoms with Gasteiger partial charge in [0.25, 0.3) is 0 Å². The Hall–Kier alpha value is -3.07. The highest BCUT2D eigenvalue weighted by Gasteiger charge is 2.07. The van der Waals surface area contributed by atoms with Gasteiger partial charge >= 0.3 is 6.03 Å². The third-order valence-electron chi connectivity index (χ3n) is 3.72. The van der Waals surface area contributed by atoms with Gasteiger partial charge in [0.15, 0.2) is 9.84 Å². The van der Waals surface area contributed by atoms with Crippen LogP contribution in [0.15, 0.2) is 53.4 Å². The summed E-state index contributed by atoms with van der Waals surface area (Å²) in [6.07, 6.45) is 1.93. The van der Waals surface area contributed by atoms with E-state index < -0.39 is 9.84 Å². The second-order valence-electron chi connectivity index (χ2n) is 6.03. The molecule has 0 aliphatic heterocycles. The number of ether oxygens (including phenoxy) is 1. The summed E-state index contributed by atoms with van der Waals surface area (Å²) < 4.78 is 28.3. The summed E-state index contributed by atoms with van der Waals surface area (Å²) in [6, 6.07) is 12.6. The summed E-state index contributed by atoms with van der Waals surface area (Å²) >= 11 is 0. The van der Waals surface area contributed by atoms with Crippen molar-refractivity contribution in [1.29, 1.82) is 0 Å². The summed E-state index contributed by atoms with van der Waals surface area (Å²) in [4.78, 5) is 23.4. The predicted octanol–water partition coefficient (Wildman–Crippen LogP) is 2.64. The number of nitrogens with one attached hydrogen (secondary N) is 3. The van der Waals surface area contributed by atoms with Crippen molar-refractivity contribution in [2.75, 3.05) is 30.5 Å². The van der Waals surface area contributed by atoms with Crippen molar-refractivity contribution < 1.29 is 22.7 Å². The van der Waals surface area contributed by atoms with Crippen molar-refractivity contribution in [3.05, 3.63) is 48.5 Å². The van der Waals surface area contributed by atoms with E-state index in [2.05, 4.69) is 16.0 Å². The standard InChI is InChI=1S/C19H23N3O5S/c1-20-19(24)22-15-7-5-14(6-8-15)21-18(23)4-3-13-27-16-9-11-17(12-10-16)28(2,25)26/h5-12H,3-4,13H2,1-2H3,(H,21,23)(H2,20,22,24). The Labute approximate surface area is 164 Å². The molecule has 0 unspecified atom stereocenters. The van der Waals surface area contributed by atoms with Crippen molar-refractivity contribution in [2.45, 2.75) is 17.7 Å². The molecule has 0 bridgehead atoms. The summed E-state index contributed by atoms with van der Waals surface area (Å²) in [7, 11) is -1.70. The molecule has 0 atom stereocenters. The number of carbonyl (C=O) groups is 2. The molecule has 150 valence electrons. The van der Waals surface area contributed by atoms with Crippen LogP contribution in [0.4, 0.5) is 16.2 Å². The molecule has 0 aliphatic rings. The van der Waals surface area contributed by atoms with Gasteiger partial charge in [-0.2, -0.15) is 0 Å². The van der Waals surface area contributed by atoms with Crippen molar-refractivity contribution in [1.82, 2.24) is 5.32 Å². The summed E-state index contributed by atoms with van der Waals surface area (Å²) in [5.74, 6) is 0.398. The molecule has 3 N–H and O–H groups in total. The Kier molecular flexibility index (Phi) is 7.39. The van der Waals surface area contributed by atoms with Crippen molar-refractivity contribution in [2.24, 2.45) is 0 Å². The third-order valence-corrected chi connectivity index (χ3v) is 4.85. The molecule has 0 aromatic heterocycles. The van der Waals surface area contributed by atoms with Crippen LogP contribution >= 0.6 is 0 Å². The number of anilines is 2. The SMILES string of the molecule is CNC(=O)Nc1ccc(NC(=O)CCCOc2ccc(S(C)(=O)=O)cc2)cc1. The minimum Gasteiger partial charge on any atom is -0.494 e. The Bertz CT molecular complexity index is 910. The first kappa shape index (κ1) is 21.2. The first-order valence-electron chi connectivity index (χ1n) is 8.59. The molecule has 0 heterocycles. The van der Waals surface area contributed by atoms with Crippen LogP contribution in [-0.4, -0.2) is 40.3 Å². The topological polar surface area (TPSA) is 114 Å². The lowest BCUT2D eigenvalue weighted by Crippen LogP contribution is -2.24. The van der Waals surface area contributed by atoms with Gasteiger partial charge in [-0.1, -0.05) is 0 Å². The minimum atomic E-state index is -3.23. The zero-order chi connectivity index (χ0) is 20.6. The number of carbonyl (C=O) groups excluding carboxylic acids is 2. The quantitative estimate of drug-likeness (QED) is 0.584. The molecule has 2 rings (SSSR count). The molecule has 2 aromatic rings. The number of hydrogen-bond donors (Lipinski definition) is 3. The smallest absolute Gasteiger partial charge is 0.318 e. The average Bonchev–Trinajstić information content (AvgIpc) is 2.66. The van der Waals surface area contributed by atoms with Crippen LogP contribution in [0, 0.1) is 0 Å². The maximum Gasteiger partial charge on any atom is 0.318 e. The molecule has 0 fully saturated rings. The van der Waals surface area contributed by atoms with Gasteiger partial charge in [0.2, 0.25) is 5.91 Å². The van der Waals surface area contributed by atoms with E-state index in [1.165, 1.54) is 19.2 Å². The fourth-order valence-electron chi connectivity index (χ4n) is 2.26. The number of sulfone groups is 1. The monoisotopic (exact) mass is 405 g/mol. The Balaban J connectivity index is 1.72. The maximum atomic E-state index is 12.0. The van der Waals surface area contributed by atoms with Gasteiger partial charge in [0, 0.05) is 31.1 Å². The van der Waals surface area contributed by atoms with Crippen molar-refractivity contribution >= 4 is 33.2 Å². The molecule has 0 saturated carbocycles. The van der Waals surface area contributed by atoms with Gasteiger partial charge in [-0.3, -0.25) is 4.79 Å². The van der Waals surface area contributed by atoms with E-state index in [9.17, 15) is 18.0 Å². The van der Waals surface area contributed by atoms with Gasteiger partial charge in [-0.15, -0.1) is 0 Å². The Morgan fingerprint density at radius 2 is 1.50 bits per heavy atom. The molecular weight excluding hydrogens is 382 g/mol. The zero-order valence-corrected chi connectivity index (χ0v) is 16.5. The Morgan fingerprint density at radius 1 is 0.929 bits per heavy atom. The molecule has 0 aliphatic carbocycles. The van der Waals surface area contributed by atoms with Gasteiger partial charge in [-0.05, 0) is 55.0 Å². The largest absolute Gasteiger partial charge is 0.494 e. The number of rotatable bonds is 8. The number of amides is 3. The van der Waals surface area contributed by atoms with E-state index in [1.807, 2.05) is 0 Å². The van der Waals surface area contributed by atoms with Gasteiger partial charge < -0.3 is 20.7 Å². The predicted molar refractivity (Wildman–Crippen MR) is 107 cm³/mol.